The van der Waals surface area contributed by atoms with E-state index in [9.17, 15) is 14.9 Å². The molecule has 0 aliphatic carbocycles. The zero-order chi connectivity index (χ0) is 9.30. The molecule has 0 spiro atoms. The summed E-state index contributed by atoms with van der Waals surface area (Å²) in [6.07, 6.45) is 1.16. The Kier molecular flexibility index (Phi) is 2.09. The molecular weight excluding hydrogens is 186 g/mol. The molecule has 1 aromatic heterocycles. The predicted molar refractivity (Wildman–Crippen MR) is 40.0 cm³/mol. The van der Waals surface area contributed by atoms with Crippen molar-refractivity contribution in [2.75, 3.05) is 0 Å². The number of nitro groups is 1. The number of nitrogens with zero attached hydrogens (tertiary/aromatic N) is 3. The van der Waals surface area contributed by atoms with Crippen molar-refractivity contribution < 1.29 is 9.72 Å². The Morgan fingerprint density at radius 3 is 2.75 bits per heavy atom. The minimum Gasteiger partial charge on any atom is -0.358 e. The topological polar surface area (TPSA) is 78.0 Å². The molecule has 0 saturated carbocycles. The van der Waals surface area contributed by atoms with Gasteiger partial charge < -0.3 is 14.7 Å². The van der Waals surface area contributed by atoms with E-state index in [1.54, 1.807) is 0 Å². The van der Waals surface area contributed by atoms with Crippen molar-refractivity contribution in [1.82, 2.24) is 9.55 Å². The third-order valence-corrected chi connectivity index (χ3v) is 1.46. The zero-order valence-electron chi connectivity index (χ0n) is 6.02. The molecule has 1 heterocycles. The zero-order valence-corrected chi connectivity index (χ0v) is 6.78. The molecule has 12 heavy (non-hydrogen) atoms. The number of hydrogen-bond acceptors (Lipinski definition) is 4. The van der Waals surface area contributed by atoms with Gasteiger partial charge in [0.05, 0.1) is 0 Å². The van der Waals surface area contributed by atoms with Crippen LogP contribution in [0.4, 0.5) is 5.82 Å². The van der Waals surface area contributed by atoms with Gasteiger partial charge in [-0.2, -0.15) is 0 Å². The van der Waals surface area contributed by atoms with Crippen molar-refractivity contribution in [3.05, 3.63) is 22.1 Å². The second kappa shape index (κ2) is 2.90. The van der Waals surface area contributed by atoms with Crippen molar-refractivity contribution in [3.63, 3.8) is 0 Å². The van der Waals surface area contributed by atoms with E-state index in [4.69, 9.17) is 11.6 Å². The van der Waals surface area contributed by atoms with Crippen LogP contribution >= 0.6 is 11.6 Å². The molecule has 0 aliphatic heterocycles. The van der Waals surface area contributed by atoms with Crippen molar-refractivity contribution in [1.29, 1.82) is 0 Å². The number of carbonyl (C=O) groups excluding carboxylic acids is 1. The van der Waals surface area contributed by atoms with Gasteiger partial charge in [-0.1, -0.05) is 0 Å². The number of rotatable bonds is 2. The van der Waals surface area contributed by atoms with E-state index in [0.29, 0.717) is 0 Å². The van der Waals surface area contributed by atoms with Gasteiger partial charge in [-0.25, -0.2) is 0 Å². The van der Waals surface area contributed by atoms with Gasteiger partial charge in [0.2, 0.25) is 12.0 Å². The summed E-state index contributed by atoms with van der Waals surface area (Å²) in [4.78, 5) is 23.6. The van der Waals surface area contributed by atoms with Crippen LogP contribution in [0.3, 0.4) is 0 Å². The number of aromatic nitrogens is 2. The minimum absolute atomic E-state index is 0.207. The van der Waals surface area contributed by atoms with Crippen LogP contribution in [-0.2, 0) is 7.05 Å². The molecule has 6 nitrogen and oxygen atoms in total. The third kappa shape index (κ3) is 1.28. The third-order valence-electron chi connectivity index (χ3n) is 1.28. The number of imidazole rings is 1. The van der Waals surface area contributed by atoms with E-state index in [-0.39, 0.29) is 5.69 Å². The highest BCUT2D eigenvalue weighted by molar-refractivity contribution is 6.67. The lowest BCUT2D eigenvalue weighted by molar-refractivity contribution is -0.389. The van der Waals surface area contributed by atoms with Crippen LogP contribution in [0, 0.1) is 10.1 Å². The first-order valence-electron chi connectivity index (χ1n) is 2.89. The Hall–Kier alpha value is -1.43. The van der Waals surface area contributed by atoms with Crippen molar-refractivity contribution in [2.24, 2.45) is 7.05 Å². The summed E-state index contributed by atoms with van der Waals surface area (Å²) >= 11 is 5.09. The van der Waals surface area contributed by atoms with Crippen LogP contribution < -0.4 is 0 Å². The molecule has 1 rings (SSSR count). The van der Waals surface area contributed by atoms with Gasteiger partial charge in [0, 0.05) is 7.05 Å². The second-order valence-corrected chi connectivity index (χ2v) is 2.40. The van der Waals surface area contributed by atoms with Crippen LogP contribution in [0.1, 0.15) is 10.5 Å². The summed E-state index contributed by atoms with van der Waals surface area (Å²) in [5.41, 5.74) is -0.207. The van der Waals surface area contributed by atoms with Gasteiger partial charge in [-0.15, -0.1) is 0 Å². The quantitative estimate of drug-likeness (QED) is 0.390. The van der Waals surface area contributed by atoms with Crippen LogP contribution in [-0.4, -0.2) is 19.7 Å². The normalized spacial score (nSPS) is 9.83. The Morgan fingerprint density at radius 1 is 1.83 bits per heavy atom. The largest absolute Gasteiger partial charge is 0.394 e. The maximum atomic E-state index is 10.7. The summed E-state index contributed by atoms with van der Waals surface area (Å²) in [5.74, 6) is -0.516. The fourth-order valence-electron chi connectivity index (χ4n) is 0.778. The summed E-state index contributed by atoms with van der Waals surface area (Å²) in [7, 11) is 1.45. The summed E-state index contributed by atoms with van der Waals surface area (Å²) < 4.78 is 1.20. The van der Waals surface area contributed by atoms with E-state index in [2.05, 4.69) is 4.98 Å². The first-order valence-corrected chi connectivity index (χ1v) is 3.27. The Labute approximate surface area is 71.9 Å². The van der Waals surface area contributed by atoms with Crippen LogP contribution in [0.5, 0.6) is 0 Å². The summed E-state index contributed by atoms with van der Waals surface area (Å²) in [6.45, 7) is 0. The van der Waals surface area contributed by atoms with Crippen molar-refractivity contribution in [3.8, 4) is 0 Å². The van der Waals surface area contributed by atoms with Gasteiger partial charge in [0.1, 0.15) is 0 Å². The smallest absolute Gasteiger partial charge is 0.358 e. The minimum atomic E-state index is -0.887. The van der Waals surface area contributed by atoms with Crippen LogP contribution in [0.25, 0.3) is 0 Å². The maximum absolute atomic E-state index is 10.7. The maximum Gasteiger partial charge on any atom is 0.394 e. The Bertz CT molecular complexity index is 346. The molecule has 1 aromatic rings. The fourth-order valence-corrected chi connectivity index (χ4v) is 0.996. The van der Waals surface area contributed by atoms with E-state index < -0.39 is 16.0 Å². The Balaban J connectivity index is 3.31. The number of aryl methyl sites for hydroxylation is 1. The molecular formula is C5H4ClN3O3. The molecule has 7 heteroatoms. The summed E-state index contributed by atoms with van der Waals surface area (Å²) in [6, 6.07) is 0. The van der Waals surface area contributed by atoms with Crippen LogP contribution in [0.15, 0.2) is 6.33 Å². The van der Waals surface area contributed by atoms with Gasteiger partial charge in [-0.3, -0.25) is 4.79 Å². The average molecular weight is 190 g/mol. The molecule has 0 aliphatic rings. The molecule has 0 amide bonds. The highest BCUT2D eigenvalue weighted by atomic mass is 35.5. The van der Waals surface area contributed by atoms with Crippen molar-refractivity contribution >= 4 is 22.7 Å². The van der Waals surface area contributed by atoms with E-state index in [1.165, 1.54) is 11.6 Å². The van der Waals surface area contributed by atoms with Gasteiger partial charge in [0.25, 0.3) is 5.24 Å². The fraction of sp³-hybridized carbons (Fsp3) is 0.200. The second-order valence-electron chi connectivity index (χ2n) is 2.06. The monoisotopic (exact) mass is 189 g/mol. The number of carbonyl (C=O) groups is 1. The van der Waals surface area contributed by atoms with Crippen molar-refractivity contribution in [2.45, 2.75) is 0 Å². The Morgan fingerprint density at radius 2 is 2.42 bits per heavy atom. The average Bonchev–Trinajstić information content (AvgIpc) is 2.30. The molecule has 0 atom stereocenters. The molecule has 0 unspecified atom stereocenters. The molecule has 0 bridgehead atoms. The lowest BCUT2D eigenvalue weighted by Gasteiger charge is -1.93. The molecule has 0 saturated heterocycles. The molecule has 0 fully saturated rings. The SMILES string of the molecule is Cn1cnc([N+](=O)[O-])c1C(=O)Cl. The molecule has 0 N–H and O–H groups in total. The van der Waals surface area contributed by atoms with Gasteiger partial charge in [0.15, 0.2) is 0 Å². The highest BCUT2D eigenvalue weighted by Crippen LogP contribution is 2.16. The molecule has 0 radical (unpaired) electrons. The lowest BCUT2D eigenvalue weighted by atomic mass is 10.5. The first-order chi connectivity index (χ1) is 5.54. The van der Waals surface area contributed by atoms with E-state index in [0.717, 1.165) is 6.33 Å². The van der Waals surface area contributed by atoms with Crippen LogP contribution in [0.2, 0.25) is 0 Å². The first kappa shape index (κ1) is 8.66. The predicted octanol–water partition coefficient (Wildman–Crippen LogP) is 0.707. The van der Waals surface area contributed by atoms with E-state index >= 15 is 0 Å². The highest BCUT2D eigenvalue weighted by Gasteiger charge is 2.24. The van der Waals surface area contributed by atoms with Gasteiger partial charge >= 0.3 is 5.82 Å². The molecule has 64 valence electrons. The standard InChI is InChI=1S/C5H4ClN3O3/c1-8-2-7-5(9(11)12)3(8)4(6)10/h2H,1H3. The van der Waals surface area contributed by atoms with E-state index in [1.807, 2.05) is 0 Å². The summed E-state index contributed by atoms with van der Waals surface area (Å²) in [5, 5.41) is 9.37. The number of halogens is 1. The lowest BCUT2D eigenvalue weighted by Crippen LogP contribution is -2.02. The molecule has 0 aromatic carbocycles. The van der Waals surface area contributed by atoms with Gasteiger partial charge in [-0.05, 0) is 21.5 Å². The number of hydrogen-bond donors (Lipinski definition) is 0.